The molecular weight excluding hydrogens is 256 g/mol. The highest BCUT2D eigenvalue weighted by Gasteiger charge is 2.21. The maximum atomic E-state index is 5.71. The lowest BCUT2D eigenvalue weighted by Crippen LogP contribution is -2.29. The van der Waals surface area contributed by atoms with Gasteiger partial charge in [0.1, 0.15) is 5.75 Å². The zero-order valence-electron chi connectivity index (χ0n) is 12.0. The second kappa shape index (κ2) is 6.40. The number of benzene rings is 1. The molecule has 108 valence electrons. The Kier molecular flexibility index (Phi) is 4.60. The molecule has 6 heteroatoms. The van der Waals surface area contributed by atoms with Gasteiger partial charge in [-0.1, -0.05) is 18.2 Å². The fourth-order valence-corrected chi connectivity index (χ4v) is 2.14. The number of hydrazine groups is 1. The van der Waals surface area contributed by atoms with Gasteiger partial charge < -0.3 is 9.47 Å². The first-order chi connectivity index (χ1) is 9.71. The summed E-state index contributed by atoms with van der Waals surface area (Å²) in [5.41, 5.74) is 4.51. The summed E-state index contributed by atoms with van der Waals surface area (Å²) < 4.78 is 12.5. The summed E-state index contributed by atoms with van der Waals surface area (Å²) in [6.45, 7) is 2.55. The highest BCUT2D eigenvalue weighted by Crippen LogP contribution is 2.30. The van der Waals surface area contributed by atoms with Crippen molar-refractivity contribution in [1.29, 1.82) is 0 Å². The predicted octanol–water partition coefficient (Wildman–Crippen LogP) is 1.38. The molecule has 0 amide bonds. The van der Waals surface area contributed by atoms with Crippen molar-refractivity contribution in [2.45, 2.75) is 13.0 Å². The van der Waals surface area contributed by atoms with E-state index in [9.17, 15) is 0 Å². The van der Waals surface area contributed by atoms with Gasteiger partial charge in [-0.15, -0.1) is 0 Å². The van der Waals surface area contributed by atoms with Crippen molar-refractivity contribution in [3.8, 4) is 11.6 Å². The number of hydrogen-bond acceptors (Lipinski definition) is 5. The molecule has 0 aliphatic rings. The normalized spacial score (nSPS) is 12.2. The van der Waals surface area contributed by atoms with Crippen molar-refractivity contribution in [3.63, 3.8) is 0 Å². The van der Waals surface area contributed by atoms with E-state index in [-0.39, 0.29) is 6.04 Å². The molecule has 3 N–H and O–H groups in total. The molecule has 20 heavy (non-hydrogen) atoms. The maximum Gasteiger partial charge on any atom is 0.211 e. The van der Waals surface area contributed by atoms with Crippen molar-refractivity contribution >= 4 is 0 Å². The number of rotatable bonds is 6. The summed E-state index contributed by atoms with van der Waals surface area (Å²) in [5, 5.41) is 4.42. The molecule has 6 nitrogen and oxygen atoms in total. The zero-order valence-corrected chi connectivity index (χ0v) is 12.0. The molecule has 0 bridgehead atoms. The molecular formula is C14H20N4O2. The SMILES string of the molecule is CCOc1ccccc1C(NN)c1cc(OC)n(C)n1. The predicted molar refractivity (Wildman–Crippen MR) is 76.5 cm³/mol. The molecule has 0 aliphatic heterocycles. The number of methoxy groups -OCH3 is 1. The quantitative estimate of drug-likeness (QED) is 0.616. The Balaban J connectivity index is 2.41. The molecule has 0 radical (unpaired) electrons. The van der Waals surface area contributed by atoms with E-state index in [1.165, 1.54) is 0 Å². The zero-order chi connectivity index (χ0) is 14.5. The van der Waals surface area contributed by atoms with Crippen LogP contribution in [0, 0.1) is 0 Å². The average Bonchev–Trinajstić information content (AvgIpc) is 2.83. The number of nitrogens with two attached hydrogens (primary N) is 1. The molecule has 0 fully saturated rings. The van der Waals surface area contributed by atoms with E-state index < -0.39 is 0 Å². The Morgan fingerprint density at radius 1 is 1.40 bits per heavy atom. The minimum Gasteiger partial charge on any atom is -0.494 e. The van der Waals surface area contributed by atoms with Crippen LogP contribution in [-0.2, 0) is 7.05 Å². The Morgan fingerprint density at radius 2 is 2.15 bits per heavy atom. The number of aromatic nitrogens is 2. The van der Waals surface area contributed by atoms with E-state index >= 15 is 0 Å². The molecule has 0 saturated heterocycles. The van der Waals surface area contributed by atoms with Crippen molar-refractivity contribution in [3.05, 3.63) is 41.6 Å². The third kappa shape index (κ3) is 2.76. The lowest BCUT2D eigenvalue weighted by atomic mass is 10.0. The second-order valence-electron chi connectivity index (χ2n) is 4.31. The van der Waals surface area contributed by atoms with Crippen molar-refractivity contribution in [2.24, 2.45) is 12.9 Å². The summed E-state index contributed by atoms with van der Waals surface area (Å²) in [6.07, 6.45) is 0. The van der Waals surface area contributed by atoms with Gasteiger partial charge in [0.2, 0.25) is 5.88 Å². The lowest BCUT2D eigenvalue weighted by molar-refractivity contribution is 0.333. The van der Waals surface area contributed by atoms with Gasteiger partial charge in [0, 0.05) is 18.7 Å². The Labute approximate surface area is 118 Å². The van der Waals surface area contributed by atoms with Crippen LogP contribution in [-0.4, -0.2) is 23.5 Å². The van der Waals surface area contributed by atoms with Crippen LogP contribution in [0.1, 0.15) is 24.2 Å². The van der Waals surface area contributed by atoms with Gasteiger partial charge in [0.05, 0.1) is 25.5 Å². The largest absolute Gasteiger partial charge is 0.494 e. The van der Waals surface area contributed by atoms with Gasteiger partial charge in [-0.05, 0) is 13.0 Å². The Bertz CT molecular complexity index is 568. The van der Waals surface area contributed by atoms with Crippen molar-refractivity contribution in [2.75, 3.05) is 13.7 Å². The highest BCUT2D eigenvalue weighted by atomic mass is 16.5. The first-order valence-corrected chi connectivity index (χ1v) is 6.47. The number of hydrogen-bond donors (Lipinski definition) is 2. The van der Waals surface area contributed by atoms with Crippen LogP contribution in [0.15, 0.2) is 30.3 Å². The Hall–Kier alpha value is -2.05. The molecule has 1 unspecified atom stereocenters. The van der Waals surface area contributed by atoms with Crippen molar-refractivity contribution in [1.82, 2.24) is 15.2 Å². The van der Waals surface area contributed by atoms with Gasteiger partial charge in [0.15, 0.2) is 0 Å². The standard InChI is InChI=1S/C14H20N4O2/c1-4-20-12-8-6-5-7-10(12)14(16-15)11-9-13(19-3)18(2)17-11/h5-9,14,16H,4,15H2,1-3H3. The fraction of sp³-hybridized carbons (Fsp3) is 0.357. The van der Waals surface area contributed by atoms with E-state index in [2.05, 4.69) is 10.5 Å². The molecule has 2 rings (SSSR count). The van der Waals surface area contributed by atoms with Gasteiger partial charge in [0.25, 0.3) is 0 Å². The molecule has 1 aromatic carbocycles. The van der Waals surface area contributed by atoms with Crippen LogP contribution in [0.4, 0.5) is 0 Å². The third-order valence-electron chi connectivity index (χ3n) is 3.06. The van der Waals surface area contributed by atoms with Crippen LogP contribution < -0.4 is 20.7 Å². The van der Waals surface area contributed by atoms with E-state index in [0.717, 1.165) is 17.0 Å². The van der Waals surface area contributed by atoms with E-state index in [4.69, 9.17) is 15.3 Å². The van der Waals surface area contributed by atoms with Crippen LogP contribution in [0.2, 0.25) is 0 Å². The second-order valence-corrected chi connectivity index (χ2v) is 4.31. The van der Waals surface area contributed by atoms with Crippen LogP contribution in [0.25, 0.3) is 0 Å². The minimum atomic E-state index is -0.257. The summed E-state index contributed by atoms with van der Waals surface area (Å²) in [6, 6.07) is 9.37. The summed E-state index contributed by atoms with van der Waals surface area (Å²) in [5.74, 6) is 7.18. The summed E-state index contributed by atoms with van der Waals surface area (Å²) >= 11 is 0. The van der Waals surface area contributed by atoms with E-state index in [1.807, 2.05) is 44.3 Å². The Morgan fingerprint density at radius 3 is 2.75 bits per heavy atom. The maximum absolute atomic E-state index is 5.71. The lowest BCUT2D eigenvalue weighted by Gasteiger charge is -2.17. The monoisotopic (exact) mass is 276 g/mol. The summed E-state index contributed by atoms with van der Waals surface area (Å²) in [4.78, 5) is 0. The molecule has 1 atom stereocenters. The van der Waals surface area contributed by atoms with Crippen molar-refractivity contribution < 1.29 is 9.47 Å². The number of ether oxygens (including phenoxy) is 2. The third-order valence-corrected chi connectivity index (χ3v) is 3.06. The number of aryl methyl sites for hydroxylation is 1. The van der Waals surface area contributed by atoms with Crippen LogP contribution >= 0.6 is 0 Å². The van der Waals surface area contributed by atoms with Crippen LogP contribution in [0.5, 0.6) is 11.6 Å². The first-order valence-electron chi connectivity index (χ1n) is 6.47. The number of nitrogens with one attached hydrogen (secondary N) is 1. The van der Waals surface area contributed by atoms with Gasteiger partial charge in [-0.3, -0.25) is 5.84 Å². The molecule has 0 saturated carbocycles. The molecule has 0 aliphatic carbocycles. The molecule has 1 heterocycles. The first kappa shape index (κ1) is 14.4. The fourth-order valence-electron chi connectivity index (χ4n) is 2.14. The van der Waals surface area contributed by atoms with E-state index in [1.54, 1.807) is 11.8 Å². The number of nitrogens with zero attached hydrogens (tertiary/aromatic N) is 2. The molecule has 2 aromatic rings. The van der Waals surface area contributed by atoms with Gasteiger partial charge in [-0.2, -0.15) is 5.10 Å². The smallest absolute Gasteiger partial charge is 0.211 e. The number of para-hydroxylation sites is 1. The van der Waals surface area contributed by atoms with Gasteiger partial charge in [-0.25, -0.2) is 10.1 Å². The minimum absolute atomic E-state index is 0.257. The van der Waals surface area contributed by atoms with Crippen LogP contribution in [0.3, 0.4) is 0 Å². The highest BCUT2D eigenvalue weighted by molar-refractivity contribution is 5.40. The van der Waals surface area contributed by atoms with E-state index in [0.29, 0.717) is 12.5 Å². The average molecular weight is 276 g/mol. The topological polar surface area (TPSA) is 74.3 Å². The van der Waals surface area contributed by atoms with Gasteiger partial charge >= 0.3 is 0 Å². The molecule has 0 spiro atoms. The molecule has 1 aromatic heterocycles. The summed E-state index contributed by atoms with van der Waals surface area (Å²) in [7, 11) is 3.43.